The SMILES string of the molecule is CCC(C)(C#N)C(=O)Nc1c(F)cc(F)cc1Br. The van der Waals surface area contributed by atoms with Gasteiger partial charge in [0.15, 0.2) is 5.82 Å². The maximum atomic E-state index is 13.5. The van der Waals surface area contributed by atoms with Gasteiger partial charge < -0.3 is 5.32 Å². The number of benzene rings is 1. The maximum Gasteiger partial charge on any atom is 0.244 e. The van der Waals surface area contributed by atoms with Gasteiger partial charge in [0.2, 0.25) is 5.91 Å². The van der Waals surface area contributed by atoms with E-state index in [1.807, 2.05) is 6.07 Å². The first kappa shape index (κ1) is 14.6. The van der Waals surface area contributed by atoms with Crippen molar-refractivity contribution in [1.82, 2.24) is 0 Å². The van der Waals surface area contributed by atoms with Gasteiger partial charge in [0.1, 0.15) is 11.2 Å². The molecule has 1 aromatic carbocycles. The van der Waals surface area contributed by atoms with E-state index in [2.05, 4.69) is 21.2 Å². The highest BCUT2D eigenvalue weighted by Crippen LogP contribution is 2.29. The number of amides is 1. The van der Waals surface area contributed by atoms with Crippen molar-refractivity contribution in [1.29, 1.82) is 5.26 Å². The lowest BCUT2D eigenvalue weighted by Gasteiger charge is -2.19. The number of rotatable bonds is 3. The molecule has 0 bridgehead atoms. The Labute approximate surface area is 112 Å². The van der Waals surface area contributed by atoms with Crippen LogP contribution in [0.3, 0.4) is 0 Å². The third-order valence-electron chi connectivity index (χ3n) is 2.70. The normalized spacial score (nSPS) is 13.6. The minimum absolute atomic E-state index is 0.0877. The van der Waals surface area contributed by atoms with Gasteiger partial charge in [0.05, 0.1) is 11.8 Å². The average Bonchev–Trinajstić information content (AvgIpc) is 2.32. The third-order valence-corrected chi connectivity index (χ3v) is 3.33. The van der Waals surface area contributed by atoms with Gasteiger partial charge >= 0.3 is 0 Å². The third kappa shape index (κ3) is 2.85. The van der Waals surface area contributed by atoms with Gasteiger partial charge in [-0.1, -0.05) is 6.92 Å². The number of carbonyl (C=O) groups is 1. The second-order valence-electron chi connectivity index (χ2n) is 4.00. The Hall–Kier alpha value is -1.48. The molecule has 0 radical (unpaired) electrons. The van der Waals surface area contributed by atoms with Crippen LogP contribution in [0.25, 0.3) is 0 Å². The molecule has 1 aromatic rings. The largest absolute Gasteiger partial charge is 0.321 e. The zero-order chi connectivity index (χ0) is 13.9. The average molecular weight is 317 g/mol. The van der Waals surface area contributed by atoms with Gasteiger partial charge in [0, 0.05) is 10.5 Å². The van der Waals surface area contributed by atoms with Crippen LogP contribution in [-0.2, 0) is 4.79 Å². The second kappa shape index (κ2) is 5.44. The first-order valence-corrected chi connectivity index (χ1v) is 6.00. The predicted molar refractivity (Wildman–Crippen MR) is 66.7 cm³/mol. The number of nitrogens with one attached hydrogen (secondary N) is 1. The van der Waals surface area contributed by atoms with E-state index in [0.717, 1.165) is 6.07 Å². The molecular weight excluding hydrogens is 306 g/mol. The Kier molecular flexibility index (Phi) is 4.41. The van der Waals surface area contributed by atoms with Crippen molar-refractivity contribution >= 4 is 27.5 Å². The van der Waals surface area contributed by atoms with Crippen LogP contribution < -0.4 is 5.32 Å². The summed E-state index contributed by atoms with van der Waals surface area (Å²) < 4.78 is 26.5. The lowest BCUT2D eigenvalue weighted by atomic mass is 9.88. The van der Waals surface area contributed by atoms with Gasteiger partial charge in [-0.15, -0.1) is 0 Å². The summed E-state index contributed by atoms with van der Waals surface area (Å²) in [6, 6.07) is 3.57. The van der Waals surface area contributed by atoms with Crippen molar-refractivity contribution in [2.45, 2.75) is 20.3 Å². The summed E-state index contributed by atoms with van der Waals surface area (Å²) in [6.07, 6.45) is 0.287. The Morgan fingerprint density at radius 2 is 2.17 bits per heavy atom. The summed E-state index contributed by atoms with van der Waals surface area (Å²) in [4.78, 5) is 11.9. The van der Waals surface area contributed by atoms with E-state index >= 15 is 0 Å². The molecule has 18 heavy (non-hydrogen) atoms. The van der Waals surface area contributed by atoms with Crippen molar-refractivity contribution in [2.24, 2.45) is 5.41 Å². The van der Waals surface area contributed by atoms with Crippen molar-refractivity contribution < 1.29 is 13.6 Å². The molecule has 0 heterocycles. The van der Waals surface area contributed by atoms with Crippen LogP contribution in [-0.4, -0.2) is 5.91 Å². The number of nitriles is 1. The minimum Gasteiger partial charge on any atom is -0.321 e. The Balaban J connectivity index is 3.07. The van der Waals surface area contributed by atoms with Gasteiger partial charge in [-0.3, -0.25) is 4.79 Å². The highest BCUT2D eigenvalue weighted by atomic mass is 79.9. The van der Waals surface area contributed by atoms with Crippen LogP contribution in [0.15, 0.2) is 16.6 Å². The molecule has 0 saturated carbocycles. The van der Waals surface area contributed by atoms with Gasteiger partial charge in [-0.2, -0.15) is 5.26 Å². The van der Waals surface area contributed by atoms with E-state index < -0.39 is 23.0 Å². The molecule has 96 valence electrons. The molecule has 1 amide bonds. The molecule has 1 atom stereocenters. The lowest BCUT2D eigenvalue weighted by molar-refractivity contribution is -0.122. The molecule has 0 aliphatic rings. The quantitative estimate of drug-likeness (QED) is 0.926. The Bertz CT molecular complexity index is 504. The maximum absolute atomic E-state index is 13.5. The van der Waals surface area contributed by atoms with E-state index in [-0.39, 0.29) is 16.6 Å². The van der Waals surface area contributed by atoms with Crippen molar-refractivity contribution in [3.8, 4) is 6.07 Å². The molecule has 1 N–H and O–H groups in total. The molecule has 1 rings (SSSR count). The number of halogens is 3. The Morgan fingerprint density at radius 1 is 1.56 bits per heavy atom. The molecule has 0 saturated heterocycles. The zero-order valence-electron chi connectivity index (χ0n) is 9.85. The fraction of sp³-hybridized carbons (Fsp3) is 0.333. The van der Waals surface area contributed by atoms with Crippen LogP contribution in [0.2, 0.25) is 0 Å². The Morgan fingerprint density at radius 3 is 2.61 bits per heavy atom. The summed E-state index contributed by atoms with van der Waals surface area (Å²) in [7, 11) is 0. The number of anilines is 1. The summed E-state index contributed by atoms with van der Waals surface area (Å²) in [6.45, 7) is 3.14. The fourth-order valence-corrected chi connectivity index (χ4v) is 1.71. The predicted octanol–water partition coefficient (Wildman–Crippen LogP) is 3.61. The van der Waals surface area contributed by atoms with E-state index in [1.54, 1.807) is 6.92 Å². The van der Waals surface area contributed by atoms with Crippen LogP contribution in [0.5, 0.6) is 0 Å². The molecule has 1 unspecified atom stereocenters. The number of hydrogen-bond donors (Lipinski definition) is 1. The molecule has 0 aliphatic carbocycles. The number of hydrogen-bond acceptors (Lipinski definition) is 2. The van der Waals surface area contributed by atoms with E-state index in [1.165, 1.54) is 6.92 Å². The highest BCUT2D eigenvalue weighted by Gasteiger charge is 2.32. The van der Waals surface area contributed by atoms with E-state index in [9.17, 15) is 13.6 Å². The summed E-state index contributed by atoms with van der Waals surface area (Å²) >= 11 is 2.96. The van der Waals surface area contributed by atoms with Crippen molar-refractivity contribution in [3.05, 3.63) is 28.2 Å². The van der Waals surface area contributed by atoms with Crippen molar-refractivity contribution in [2.75, 3.05) is 5.32 Å². The molecule has 0 spiro atoms. The highest BCUT2D eigenvalue weighted by molar-refractivity contribution is 9.10. The van der Waals surface area contributed by atoms with Gasteiger partial charge in [-0.25, -0.2) is 8.78 Å². The standard InChI is InChI=1S/C12H11BrF2N2O/c1-3-12(2,6-16)11(18)17-10-8(13)4-7(14)5-9(10)15/h4-5H,3H2,1-2H3,(H,17,18). The van der Waals surface area contributed by atoms with E-state index in [0.29, 0.717) is 6.07 Å². The molecule has 0 fully saturated rings. The van der Waals surface area contributed by atoms with Crippen molar-refractivity contribution in [3.63, 3.8) is 0 Å². The summed E-state index contributed by atoms with van der Waals surface area (Å²) in [5.41, 5.74) is -1.42. The summed E-state index contributed by atoms with van der Waals surface area (Å²) in [5.74, 6) is -2.28. The first-order valence-electron chi connectivity index (χ1n) is 5.21. The first-order chi connectivity index (χ1) is 8.34. The van der Waals surface area contributed by atoms with Crippen LogP contribution in [0.1, 0.15) is 20.3 Å². The van der Waals surface area contributed by atoms with Crippen LogP contribution in [0, 0.1) is 28.4 Å². The van der Waals surface area contributed by atoms with E-state index in [4.69, 9.17) is 5.26 Å². The molecular formula is C12H11BrF2N2O. The molecule has 0 aliphatic heterocycles. The zero-order valence-corrected chi connectivity index (χ0v) is 11.4. The minimum atomic E-state index is -1.25. The van der Waals surface area contributed by atoms with Gasteiger partial charge in [-0.05, 0) is 35.3 Å². The summed E-state index contributed by atoms with van der Waals surface area (Å²) in [5, 5.41) is 11.2. The van der Waals surface area contributed by atoms with Crippen LogP contribution in [0.4, 0.5) is 14.5 Å². The molecule has 3 nitrogen and oxygen atoms in total. The molecule has 6 heteroatoms. The monoisotopic (exact) mass is 316 g/mol. The second-order valence-corrected chi connectivity index (χ2v) is 4.85. The number of nitrogens with zero attached hydrogens (tertiary/aromatic N) is 1. The number of carbonyl (C=O) groups excluding carboxylic acids is 1. The van der Waals surface area contributed by atoms with Crippen LogP contribution >= 0.6 is 15.9 Å². The fourth-order valence-electron chi connectivity index (χ4n) is 1.20. The molecule has 0 aromatic heterocycles. The smallest absolute Gasteiger partial charge is 0.244 e. The van der Waals surface area contributed by atoms with Gasteiger partial charge in [0.25, 0.3) is 0 Å². The topological polar surface area (TPSA) is 52.9 Å². The lowest BCUT2D eigenvalue weighted by Crippen LogP contribution is -2.32.